The molecule has 0 atom stereocenters. The summed E-state index contributed by atoms with van der Waals surface area (Å²) in [7, 11) is 0. The first kappa shape index (κ1) is 8.59. The van der Waals surface area contributed by atoms with Crippen molar-refractivity contribution < 1.29 is 13.2 Å². The Labute approximate surface area is 70.2 Å². The molecule has 0 saturated carbocycles. The van der Waals surface area contributed by atoms with Crippen molar-refractivity contribution in [2.75, 3.05) is 0 Å². The minimum atomic E-state index is -0.880. The van der Waals surface area contributed by atoms with Crippen molar-refractivity contribution in [3.8, 4) is 0 Å². The van der Waals surface area contributed by atoms with Crippen LogP contribution in [0.1, 0.15) is 5.56 Å². The van der Waals surface area contributed by atoms with Crippen LogP contribution in [0.5, 0.6) is 0 Å². The van der Waals surface area contributed by atoms with E-state index in [2.05, 4.69) is 15.9 Å². The van der Waals surface area contributed by atoms with Gasteiger partial charge in [-0.25, -0.2) is 13.2 Å². The molecule has 0 nitrogen and oxygen atoms in total. The molecule has 0 aliphatic heterocycles. The molecule has 0 N–H and O–H groups in total. The van der Waals surface area contributed by atoms with Gasteiger partial charge in [0.25, 0.3) is 0 Å². The SMILES string of the molecule is FCc1cc(F)cc(F)c1Br. The van der Waals surface area contributed by atoms with Crippen LogP contribution in [-0.4, -0.2) is 0 Å². The summed E-state index contributed by atoms with van der Waals surface area (Å²) < 4.78 is 36.9. The fourth-order valence-electron chi connectivity index (χ4n) is 0.707. The quantitative estimate of drug-likeness (QED) is 0.643. The van der Waals surface area contributed by atoms with E-state index in [-0.39, 0.29) is 10.0 Å². The van der Waals surface area contributed by atoms with Gasteiger partial charge in [0, 0.05) is 11.6 Å². The molecule has 0 radical (unpaired) electrons. The largest absolute Gasteiger partial charge is 0.246 e. The van der Waals surface area contributed by atoms with E-state index in [1.165, 1.54) is 0 Å². The van der Waals surface area contributed by atoms with Crippen LogP contribution in [0.3, 0.4) is 0 Å². The zero-order chi connectivity index (χ0) is 8.43. The van der Waals surface area contributed by atoms with Crippen molar-refractivity contribution in [2.24, 2.45) is 0 Å². The molecule has 1 aromatic rings. The Morgan fingerprint density at radius 3 is 2.45 bits per heavy atom. The molecule has 0 spiro atoms. The summed E-state index contributed by atoms with van der Waals surface area (Å²) in [6, 6.07) is 1.65. The maximum absolute atomic E-state index is 12.6. The molecule has 0 bridgehead atoms. The van der Waals surface area contributed by atoms with Gasteiger partial charge in [0.15, 0.2) is 0 Å². The first-order valence-corrected chi connectivity index (χ1v) is 3.64. The summed E-state index contributed by atoms with van der Waals surface area (Å²) in [5.74, 6) is -1.55. The molecule has 60 valence electrons. The van der Waals surface area contributed by atoms with Crippen LogP contribution < -0.4 is 0 Å². The highest BCUT2D eigenvalue weighted by Crippen LogP contribution is 2.22. The number of rotatable bonds is 1. The van der Waals surface area contributed by atoms with Crippen molar-refractivity contribution in [3.05, 3.63) is 33.8 Å². The standard InChI is InChI=1S/C7H4BrF3/c8-7-4(3-9)1-5(10)2-6(7)11/h1-2H,3H2. The Morgan fingerprint density at radius 1 is 1.27 bits per heavy atom. The van der Waals surface area contributed by atoms with Gasteiger partial charge in [-0.15, -0.1) is 0 Å². The van der Waals surface area contributed by atoms with Crippen molar-refractivity contribution in [1.29, 1.82) is 0 Å². The highest BCUT2D eigenvalue weighted by Gasteiger charge is 2.07. The van der Waals surface area contributed by atoms with Crippen LogP contribution in [0.4, 0.5) is 13.2 Å². The first-order chi connectivity index (χ1) is 5.15. The molecule has 0 aliphatic carbocycles. The number of benzene rings is 1. The van der Waals surface area contributed by atoms with E-state index >= 15 is 0 Å². The minimum Gasteiger partial charge on any atom is -0.246 e. The topological polar surface area (TPSA) is 0 Å². The van der Waals surface area contributed by atoms with E-state index in [1.807, 2.05) is 0 Å². The summed E-state index contributed by atoms with van der Waals surface area (Å²) in [4.78, 5) is 0. The van der Waals surface area contributed by atoms with Crippen molar-refractivity contribution >= 4 is 15.9 Å². The third-order valence-corrected chi connectivity index (χ3v) is 2.10. The molecule has 0 amide bonds. The summed E-state index contributed by atoms with van der Waals surface area (Å²) in [5.41, 5.74) is -0.0116. The Morgan fingerprint density at radius 2 is 1.91 bits per heavy atom. The zero-order valence-electron chi connectivity index (χ0n) is 5.37. The predicted molar refractivity (Wildman–Crippen MR) is 38.9 cm³/mol. The van der Waals surface area contributed by atoms with Gasteiger partial charge in [-0.2, -0.15) is 0 Å². The average Bonchev–Trinajstić information content (AvgIpc) is 1.96. The molecular formula is C7H4BrF3. The normalized spacial score (nSPS) is 10.2. The highest BCUT2D eigenvalue weighted by molar-refractivity contribution is 9.10. The summed E-state index contributed by atoms with van der Waals surface area (Å²) >= 11 is 2.79. The Hall–Kier alpha value is -0.510. The third-order valence-electron chi connectivity index (χ3n) is 1.21. The van der Waals surface area contributed by atoms with E-state index in [1.54, 1.807) is 0 Å². The van der Waals surface area contributed by atoms with Crippen LogP contribution in [-0.2, 0) is 6.67 Å². The van der Waals surface area contributed by atoms with Gasteiger partial charge in [0.2, 0.25) is 0 Å². The van der Waals surface area contributed by atoms with Crippen LogP contribution in [0, 0.1) is 11.6 Å². The lowest BCUT2D eigenvalue weighted by atomic mass is 10.2. The monoisotopic (exact) mass is 224 g/mol. The van der Waals surface area contributed by atoms with E-state index in [4.69, 9.17) is 0 Å². The molecule has 0 aromatic heterocycles. The van der Waals surface area contributed by atoms with E-state index in [9.17, 15) is 13.2 Å². The maximum atomic E-state index is 12.6. The second kappa shape index (κ2) is 3.26. The molecule has 0 unspecified atom stereocenters. The van der Waals surface area contributed by atoms with Gasteiger partial charge in [-0.3, -0.25) is 0 Å². The summed E-state index contributed by atoms with van der Waals surface area (Å²) in [5, 5.41) is 0. The van der Waals surface area contributed by atoms with Crippen LogP contribution in [0.25, 0.3) is 0 Å². The third kappa shape index (κ3) is 1.74. The van der Waals surface area contributed by atoms with Gasteiger partial charge < -0.3 is 0 Å². The average molecular weight is 225 g/mol. The smallest absolute Gasteiger partial charge is 0.140 e. The molecule has 0 heterocycles. The predicted octanol–water partition coefficient (Wildman–Crippen LogP) is 3.20. The second-order valence-corrected chi connectivity index (χ2v) is 2.79. The fraction of sp³-hybridized carbons (Fsp3) is 0.143. The van der Waals surface area contributed by atoms with Gasteiger partial charge in [-0.05, 0) is 22.0 Å². The lowest BCUT2D eigenvalue weighted by Crippen LogP contribution is -1.88. The first-order valence-electron chi connectivity index (χ1n) is 2.84. The summed E-state index contributed by atoms with van der Waals surface area (Å²) in [6.45, 7) is -0.880. The van der Waals surface area contributed by atoms with E-state index < -0.39 is 18.3 Å². The van der Waals surface area contributed by atoms with Crippen molar-refractivity contribution in [2.45, 2.75) is 6.67 Å². The number of halogens is 4. The number of alkyl halides is 1. The molecule has 4 heteroatoms. The van der Waals surface area contributed by atoms with E-state index in [0.29, 0.717) is 6.07 Å². The molecule has 11 heavy (non-hydrogen) atoms. The highest BCUT2D eigenvalue weighted by atomic mass is 79.9. The lowest BCUT2D eigenvalue weighted by molar-refractivity contribution is 0.475. The molecule has 1 aromatic carbocycles. The Bertz CT molecular complexity index is 273. The number of hydrogen-bond acceptors (Lipinski definition) is 0. The van der Waals surface area contributed by atoms with Crippen LogP contribution >= 0.6 is 15.9 Å². The second-order valence-electron chi connectivity index (χ2n) is 1.99. The minimum absolute atomic E-state index is 0.0116. The molecule has 0 fully saturated rings. The maximum Gasteiger partial charge on any atom is 0.140 e. The van der Waals surface area contributed by atoms with Crippen molar-refractivity contribution in [1.82, 2.24) is 0 Å². The van der Waals surface area contributed by atoms with Gasteiger partial charge in [0.05, 0.1) is 4.47 Å². The Kier molecular flexibility index (Phi) is 2.54. The Balaban J connectivity index is 3.24. The molecular weight excluding hydrogens is 221 g/mol. The van der Waals surface area contributed by atoms with Gasteiger partial charge >= 0.3 is 0 Å². The molecule has 1 rings (SSSR count). The van der Waals surface area contributed by atoms with Gasteiger partial charge in [0.1, 0.15) is 18.3 Å². The lowest BCUT2D eigenvalue weighted by Gasteiger charge is -1.99. The number of hydrogen-bond donors (Lipinski definition) is 0. The van der Waals surface area contributed by atoms with Crippen molar-refractivity contribution in [3.63, 3.8) is 0 Å². The fourth-order valence-corrected chi connectivity index (χ4v) is 1.04. The summed E-state index contributed by atoms with van der Waals surface area (Å²) in [6.07, 6.45) is 0. The molecule has 0 aliphatic rings. The van der Waals surface area contributed by atoms with Crippen LogP contribution in [0.15, 0.2) is 16.6 Å². The zero-order valence-corrected chi connectivity index (χ0v) is 6.96. The molecule has 0 saturated heterocycles. The van der Waals surface area contributed by atoms with Crippen LogP contribution in [0.2, 0.25) is 0 Å². The van der Waals surface area contributed by atoms with Gasteiger partial charge in [-0.1, -0.05) is 0 Å². The van der Waals surface area contributed by atoms with E-state index in [0.717, 1.165) is 6.07 Å².